The Morgan fingerprint density at radius 2 is 2.35 bits per heavy atom. The van der Waals surface area contributed by atoms with E-state index in [9.17, 15) is 4.39 Å². The molecular weight excluding hydrogens is 221 g/mol. The molecule has 6 heteroatoms. The summed E-state index contributed by atoms with van der Waals surface area (Å²) in [4.78, 5) is 1.61. The predicted octanol–water partition coefficient (Wildman–Crippen LogP) is 1.01. The quantitative estimate of drug-likeness (QED) is 0.841. The summed E-state index contributed by atoms with van der Waals surface area (Å²) >= 11 is 0. The van der Waals surface area contributed by atoms with Crippen LogP contribution in [0.25, 0.3) is 11.4 Å². The topological polar surface area (TPSA) is 55.6 Å². The van der Waals surface area contributed by atoms with Crippen LogP contribution in [0, 0.1) is 5.82 Å². The fourth-order valence-electron chi connectivity index (χ4n) is 1.96. The Morgan fingerprint density at radius 1 is 1.41 bits per heavy atom. The molecule has 1 N–H and O–H groups in total. The molecule has 0 spiro atoms. The fourth-order valence-corrected chi connectivity index (χ4v) is 1.96. The number of rotatable bonds is 2. The maximum absolute atomic E-state index is 13.1. The normalized spacial score (nSPS) is 19.7. The van der Waals surface area contributed by atoms with E-state index in [1.807, 2.05) is 0 Å². The molecule has 88 valence electrons. The zero-order chi connectivity index (χ0) is 11.7. The zero-order valence-electron chi connectivity index (χ0n) is 9.17. The Kier molecular flexibility index (Phi) is 2.56. The van der Waals surface area contributed by atoms with Gasteiger partial charge in [-0.1, -0.05) is 12.1 Å². The molecule has 1 aliphatic rings. The number of nitrogens with zero attached hydrogens (tertiary/aromatic N) is 4. The van der Waals surface area contributed by atoms with Crippen molar-refractivity contribution in [2.45, 2.75) is 12.5 Å². The van der Waals surface area contributed by atoms with E-state index >= 15 is 0 Å². The van der Waals surface area contributed by atoms with Crippen molar-refractivity contribution in [1.82, 2.24) is 25.5 Å². The molecule has 3 rings (SSSR count). The van der Waals surface area contributed by atoms with E-state index in [0.717, 1.165) is 19.5 Å². The van der Waals surface area contributed by atoms with Gasteiger partial charge in [0.2, 0.25) is 5.82 Å². The summed E-state index contributed by atoms with van der Waals surface area (Å²) < 4.78 is 13.1. The van der Waals surface area contributed by atoms with E-state index in [1.165, 1.54) is 12.1 Å². The van der Waals surface area contributed by atoms with Crippen LogP contribution in [0.1, 0.15) is 12.5 Å². The Labute approximate surface area is 97.6 Å². The molecule has 17 heavy (non-hydrogen) atoms. The van der Waals surface area contributed by atoms with Gasteiger partial charge in [-0.15, -0.1) is 10.2 Å². The van der Waals surface area contributed by atoms with Crippen molar-refractivity contribution >= 4 is 0 Å². The van der Waals surface area contributed by atoms with Gasteiger partial charge in [-0.25, -0.2) is 4.39 Å². The van der Waals surface area contributed by atoms with Gasteiger partial charge < -0.3 is 5.32 Å². The highest BCUT2D eigenvalue weighted by Gasteiger charge is 2.19. The first-order valence-corrected chi connectivity index (χ1v) is 5.59. The highest BCUT2D eigenvalue weighted by Crippen LogP contribution is 2.17. The van der Waals surface area contributed by atoms with E-state index in [2.05, 4.69) is 20.7 Å². The van der Waals surface area contributed by atoms with Crippen LogP contribution in [-0.4, -0.2) is 33.3 Å². The van der Waals surface area contributed by atoms with E-state index < -0.39 is 0 Å². The lowest BCUT2D eigenvalue weighted by atomic mass is 10.2. The molecule has 0 saturated carbocycles. The smallest absolute Gasteiger partial charge is 0.205 e. The zero-order valence-corrected chi connectivity index (χ0v) is 9.17. The van der Waals surface area contributed by atoms with Gasteiger partial charge in [-0.05, 0) is 30.3 Å². The van der Waals surface area contributed by atoms with E-state index in [-0.39, 0.29) is 11.9 Å². The maximum Gasteiger partial charge on any atom is 0.205 e. The second-order valence-electron chi connectivity index (χ2n) is 4.09. The minimum absolute atomic E-state index is 0.254. The van der Waals surface area contributed by atoms with Crippen molar-refractivity contribution in [3.05, 3.63) is 30.1 Å². The third kappa shape index (κ3) is 2.03. The lowest BCUT2D eigenvalue weighted by molar-refractivity contribution is 0.424. The Bertz CT molecular complexity index is 518. The van der Waals surface area contributed by atoms with Gasteiger partial charge >= 0.3 is 0 Å². The number of hydrogen-bond acceptors (Lipinski definition) is 4. The molecule has 2 heterocycles. The maximum atomic E-state index is 13.1. The third-order valence-electron chi connectivity index (χ3n) is 2.87. The van der Waals surface area contributed by atoms with Crippen LogP contribution < -0.4 is 5.32 Å². The average molecular weight is 233 g/mol. The summed E-state index contributed by atoms with van der Waals surface area (Å²) in [6.45, 7) is 1.83. The Hall–Kier alpha value is -1.82. The van der Waals surface area contributed by atoms with Crippen molar-refractivity contribution < 1.29 is 4.39 Å². The van der Waals surface area contributed by atoms with Gasteiger partial charge in [0.25, 0.3) is 0 Å². The van der Waals surface area contributed by atoms with E-state index in [1.54, 1.807) is 16.9 Å². The predicted molar refractivity (Wildman–Crippen MR) is 59.7 cm³/mol. The van der Waals surface area contributed by atoms with Crippen LogP contribution in [0.5, 0.6) is 0 Å². The van der Waals surface area contributed by atoms with Crippen molar-refractivity contribution in [3.63, 3.8) is 0 Å². The molecule has 1 aromatic carbocycles. The van der Waals surface area contributed by atoms with Crippen molar-refractivity contribution in [1.29, 1.82) is 0 Å². The molecule has 0 radical (unpaired) electrons. The lowest BCUT2D eigenvalue weighted by Gasteiger charge is -2.04. The molecule has 0 aliphatic carbocycles. The van der Waals surface area contributed by atoms with E-state index in [0.29, 0.717) is 11.4 Å². The van der Waals surface area contributed by atoms with Crippen LogP contribution in [-0.2, 0) is 0 Å². The molecule has 5 nitrogen and oxygen atoms in total. The summed E-state index contributed by atoms with van der Waals surface area (Å²) in [7, 11) is 0. The molecular formula is C11H12FN5. The van der Waals surface area contributed by atoms with Crippen LogP contribution in [0.4, 0.5) is 4.39 Å². The van der Waals surface area contributed by atoms with Crippen LogP contribution in [0.3, 0.4) is 0 Å². The average Bonchev–Trinajstić information content (AvgIpc) is 3.00. The fraction of sp³-hybridized carbons (Fsp3) is 0.364. The third-order valence-corrected chi connectivity index (χ3v) is 2.87. The standard InChI is InChI=1S/C11H12FN5/c12-9-3-1-2-8(6-9)11-14-16-17(15-11)10-4-5-13-7-10/h1-3,6,10,13H,4-5,7H2. The molecule has 2 aromatic rings. The highest BCUT2D eigenvalue weighted by molar-refractivity contribution is 5.53. The Balaban J connectivity index is 1.89. The molecule has 0 amide bonds. The minimum Gasteiger partial charge on any atom is -0.314 e. The molecule has 1 fully saturated rings. The molecule has 1 atom stereocenters. The number of hydrogen-bond donors (Lipinski definition) is 1. The lowest BCUT2D eigenvalue weighted by Crippen LogP contribution is -2.15. The van der Waals surface area contributed by atoms with Crippen molar-refractivity contribution in [3.8, 4) is 11.4 Å². The van der Waals surface area contributed by atoms with E-state index in [4.69, 9.17) is 0 Å². The summed E-state index contributed by atoms with van der Waals surface area (Å²) in [6.07, 6.45) is 0.999. The van der Waals surface area contributed by atoms with Gasteiger partial charge in [0, 0.05) is 12.1 Å². The number of benzene rings is 1. The van der Waals surface area contributed by atoms with Gasteiger partial charge in [0.1, 0.15) is 5.82 Å². The second-order valence-corrected chi connectivity index (χ2v) is 4.09. The number of halogens is 1. The minimum atomic E-state index is -0.290. The van der Waals surface area contributed by atoms with Crippen molar-refractivity contribution in [2.75, 3.05) is 13.1 Å². The van der Waals surface area contributed by atoms with Gasteiger partial charge in [-0.2, -0.15) is 4.80 Å². The molecule has 0 bridgehead atoms. The largest absolute Gasteiger partial charge is 0.314 e. The summed E-state index contributed by atoms with van der Waals surface area (Å²) in [5, 5.41) is 15.5. The van der Waals surface area contributed by atoms with Gasteiger partial charge in [0.15, 0.2) is 0 Å². The SMILES string of the molecule is Fc1cccc(-c2nnn(C3CCNC3)n2)c1. The summed E-state index contributed by atoms with van der Waals surface area (Å²) in [5.74, 6) is 0.179. The van der Waals surface area contributed by atoms with Crippen LogP contribution in [0.2, 0.25) is 0 Å². The molecule has 1 aliphatic heterocycles. The number of tetrazole rings is 1. The molecule has 1 unspecified atom stereocenters. The number of nitrogens with one attached hydrogen (secondary N) is 1. The van der Waals surface area contributed by atoms with Crippen molar-refractivity contribution in [2.24, 2.45) is 0 Å². The van der Waals surface area contributed by atoms with Crippen LogP contribution in [0.15, 0.2) is 24.3 Å². The summed E-state index contributed by atoms with van der Waals surface area (Å²) in [5.41, 5.74) is 0.655. The molecule has 1 aromatic heterocycles. The first-order valence-electron chi connectivity index (χ1n) is 5.59. The first kappa shape index (κ1) is 10.3. The highest BCUT2D eigenvalue weighted by atomic mass is 19.1. The van der Waals surface area contributed by atoms with Gasteiger partial charge in [-0.3, -0.25) is 0 Å². The molecule has 1 saturated heterocycles. The van der Waals surface area contributed by atoms with Gasteiger partial charge in [0.05, 0.1) is 6.04 Å². The second kappa shape index (κ2) is 4.21. The summed E-state index contributed by atoms with van der Waals surface area (Å²) in [6, 6.07) is 6.48. The van der Waals surface area contributed by atoms with Crippen LogP contribution >= 0.6 is 0 Å². The first-order chi connectivity index (χ1) is 8.33. The Morgan fingerprint density at radius 3 is 3.12 bits per heavy atom. The monoisotopic (exact) mass is 233 g/mol. The number of aromatic nitrogens is 4.